The smallest absolute Gasteiger partial charge is 0.214 e. The van der Waals surface area contributed by atoms with E-state index < -0.39 is 0 Å². The first kappa shape index (κ1) is 22.6. The van der Waals surface area contributed by atoms with Gasteiger partial charge in [-0.25, -0.2) is 4.98 Å². The van der Waals surface area contributed by atoms with E-state index in [0.29, 0.717) is 36.4 Å². The molecule has 27 heavy (non-hydrogen) atoms. The molecule has 0 aliphatic heterocycles. The third-order valence-electron chi connectivity index (χ3n) is 3.70. The molecule has 0 fully saturated rings. The topological polar surface area (TPSA) is 80.9 Å². The average Bonchev–Trinajstić information content (AvgIpc) is 2.97. The predicted molar refractivity (Wildman–Crippen MR) is 116 cm³/mol. The summed E-state index contributed by atoms with van der Waals surface area (Å²) in [5.41, 5.74) is 1.89. The van der Waals surface area contributed by atoms with E-state index in [1.165, 1.54) is 0 Å². The van der Waals surface area contributed by atoms with E-state index in [2.05, 4.69) is 26.5 Å². The first-order valence-corrected chi connectivity index (χ1v) is 8.18. The number of terminal acetylenes is 1. The Bertz CT molecular complexity index is 792. The number of methoxy groups -OCH3 is 1. The summed E-state index contributed by atoms with van der Waals surface area (Å²) in [4.78, 5) is 8.53. The highest BCUT2D eigenvalue weighted by molar-refractivity contribution is 14.0. The third-order valence-corrected chi connectivity index (χ3v) is 3.70. The van der Waals surface area contributed by atoms with Crippen molar-refractivity contribution in [2.75, 3.05) is 20.8 Å². The van der Waals surface area contributed by atoms with E-state index in [1.807, 2.05) is 32.0 Å². The number of hydrogen-bond acceptors (Lipinski definition) is 5. The summed E-state index contributed by atoms with van der Waals surface area (Å²) >= 11 is 0. The van der Waals surface area contributed by atoms with E-state index in [-0.39, 0.29) is 30.6 Å². The molecule has 1 aromatic carbocycles. The fraction of sp³-hybridized carbons (Fsp3) is 0.368. The Morgan fingerprint density at radius 3 is 2.59 bits per heavy atom. The Balaban J connectivity index is 0.00000364. The zero-order chi connectivity index (χ0) is 18.9. The van der Waals surface area contributed by atoms with Gasteiger partial charge in [0, 0.05) is 13.6 Å². The standard InChI is InChI=1S/C19H24N4O3.HI/c1-6-9-25-17-10-15(7-8-16(17)24-5)11-21-19(20-4)22-12-18-23-13(2)14(3)26-18;/h1,7-8,10H,9,11-12H2,2-5H3,(H2,20,21,22);1H. The molecule has 0 saturated heterocycles. The van der Waals surface area contributed by atoms with Gasteiger partial charge in [-0.3, -0.25) is 4.99 Å². The largest absolute Gasteiger partial charge is 0.493 e. The number of nitrogens with one attached hydrogen (secondary N) is 2. The number of halogens is 1. The molecular formula is C19H25IN4O3. The van der Waals surface area contributed by atoms with Crippen molar-refractivity contribution in [2.45, 2.75) is 26.9 Å². The van der Waals surface area contributed by atoms with Crippen LogP contribution in [0.1, 0.15) is 22.9 Å². The number of guanidine groups is 1. The average molecular weight is 484 g/mol. The number of ether oxygens (including phenoxy) is 2. The van der Waals surface area contributed by atoms with Crippen molar-refractivity contribution in [2.24, 2.45) is 4.99 Å². The fourth-order valence-electron chi connectivity index (χ4n) is 2.24. The number of oxazole rings is 1. The highest BCUT2D eigenvalue weighted by Crippen LogP contribution is 2.27. The maximum Gasteiger partial charge on any atom is 0.214 e. The lowest BCUT2D eigenvalue weighted by molar-refractivity contribution is 0.330. The summed E-state index contributed by atoms with van der Waals surface area (Å²) < 4.78 is 16.3. The third kappa shape index (κ3) is 6.67. The molecule has 1 heterocycles. The van der Waals surface area contributed by atoms with Gasteiger partial charge in [-0.2, -0.15) is 0 Å². The highest BCUT2D eigenvalue weighted by Gasteiger charge is 2.08. The van der Waals surface area contributed by atoms with Crippen LogP contribution in [-0.4, -0.2) is 31.7 Å². The molecule has 0 aliphatic carbocycles. The van der Waals surface area contributed by atoms with Crippen molar-refractivity contribution in [3.05, 3.63) is 41.1 Å². The van der Waals surface area contributed by atoms with Gasteiger partial charge in [0.15, 0.2) is 17.5 Å². The Morgan fingerprint density at radius 1 is 1.26 bits per heavy atom. The summed E-state index contributed by atoms with van der Waals surface area (Å²) in [6.07, 6.45) is 5.25. The molecule has 0 radical (unpaired) electrons. The number of aryl methyl sites for hydroxylation is 2. The van der Waals surface area contributed by atoms with Gasteiger partial charge >= 0.3 is 0 Å². The van der Waals surface area contributed by atoms with Gasteiger partial charge in [0.1, 0.15) is 12.4 Å². The summed E-state index contributed by atoms with van der Waals surface area (Å²) in [5, 5.41) is 6.40. The zero-order valence-corrected chi connectivity index (χ0v) is 18.3. The summed E-state index contributed by atoms with van der Waals surface area (Å²) in [6, 6.07) is 5.68. The molecule has 1 aromatic heterocycles. The van der Waals surface area contributed by atoms with Crippen LogP contribution in [0, 0.1) is 26.2 Å². The summed E-state index contributed by atoms with van der Waals surface area (Å²) in [7, 11) is 3.30. The van der Waals surface area contributed by atoms with Crippen molar-refractivity contribution >= 4 is 29.9 Å². The Kier molecular flexibility index (Phi) is 9.50. The fourth-order valence-corrected chi connectivity index (χ4v) is 2.24. The quantitative estimate of drug-likeness (QED) is 0.272. The first-order valence-electron chi connectivity index (χ1n) is 8.18. The Labute approximate surface area is 177 Å². The molecule has 0 atom stereocenters. The normalized spacial score (nSPS) is 10.6. The second-order valence-electron chi connectivity index (χ2n) is 5.51. The van der Waals surface area contributed by atoms with Crippen molar-refractivity contribution < 1.29 is 13.9 Å². The van der Waals surface area contributed by atoms with E-state index in [4.69, 9.17) is 20.3 Å². The monoisotopic (exact) mass is 484 g/mol. The molecule has 0 saturated carbocycles. The van der Waals surface area contributed by atoms with E-state index in [1.54, 1.807) is 14.2 Å². The van der Waals surface area contributed by atoms with E-state index >= 15 is 0 Å². The first-order chi connectivity index (χ1) is 12.6. The molecule has 8 heteroatoms. The highest BCUT2D eigenvalue weighted by atomic mass is 127. The van der Waals surface area contributed by atoms with Gasteiger partial charge in [-0.05, 0) is 31.5 Å². The molecule has 7 nitrogen and oxygen atoms in total. The summed E-state index contributed by atoms with van der Waals surface area (Å²) in [5.74, 6) is 5.78. The van der Waals surface area contributed by atoms with Crippen molar-refractivity contribution in [1.29, 1.82) is 0 Å². The molecule has 2 aromatic rings. The maximum atomic E-state index is 5.55. The van der Waals surface area contributed by atoms with Crippen molar-refractivity contribution in [3.8, 4) is 23.8 Å². The van der Waals surface area contributed by atoms with Gasteiger partial charge in [0.05, 0.1) is 19.3 Å². The van der Waals surface area contributed by atoms with Crippen LogP contribution < -0.4 is 20.1 Å². The second kappa shape index (κ2) is 11.3. The molecule has 2 N–H and O–H groups in total. The summed E-state index contributed by atoms with van der Waals surface area (Å²) in [6.45, 7) is 5.00. The Morgan fingerprint density at radius 2 is 2.00 bits per heavy atom. The van der Waals surface area contributed by atoms with E-state index in [0.717, 1.165) is 17.0 Å². The van der Waals surface area contributed by atoms with E-state index in [9.17, 15) is 0 Å². The molecular weight excluding hydrogens is 459 g/mol. The maximum absolute atomic E-state index is 5.55. The lowest BCUT2D eigenvalue weighted by Gasteiger charge is -2.13. The van der Waals surface area contributed by atoms with Crippen LogP contribution in [0.4, 0.5) is 0 Å². The lowest BCUT2D eigenvalue weighted by atomic mass is 10.2. The minimum Gasteiger partial charge on any atom is -0.493 e. The van der Waals surface area contributed by atoms with Crippen LogP contribution in [0.25, 0.3) is 0 Å². The number of hydrogen-bond donors (Lipinski definition) is 2. The molecule has 0 aliphatic rings. The molecule has 146 valence electrons. The number of aromatic nitrogens is 1. The van der Waals surface area contributed by atoms with Gasteiger partial charge in [0.2, 0.25) is 5.89 Å². The van der Waals surface area contributed by atoms with Crippen LogP contribution in [0.2, 0.25) is 0 Å². The number of nitrogens with zero attached hydrogens (tertiary/aromatic N) is 2. The molecule has 2 rings (SSSR count). The van der Waals surface area contributed by atoms with Crippen LogP contribution >= 0.6 is 24.0 Å². The molecule has 0 spiro atoms. The SMILES string of the molecule is C#CCOc1cc(CNC(=NC)NCc2nc(C)c(C)o2)ccc1OC.I. The van der Waals surface area contributed by atoms with Gasteiger partial charge in [0.25, 0.3) is 0 Å². The van der Waals surface area contributed by atoms with Gasteiger partial charge in [-0.1, -0.05) is 12.0 Å². The van der Waals surface area contributed by atoms with Crippen LogP contribution in [0.15, 0.2) is 27.6 Å². The van der Waals surface area contributed by atoms with Crippen LogP contribution in [0.3, 0.4) is 0 Å². The number of aliphatic imine (C=N–C) groups is 1. The minimum atomic E-state index is 0. The molecule has 0 amide bonds. The minimum absolute atomic E-state index is 0. The molecule has 0 unspecified atom stereocenters. The number of benzene rings is 1. The second-order valence-corrected chi connectivity index (χ2v) is 5.51. The van der Waals surface area contributed by atoms with Crippen LogP contribution in [-0.2, 0) is 13.1 Å². The predicted octanol–water partition coefficient (Wildman–Crippen LogP) is 2.80. The molecule has 0 bridgehead atoms. The number of rotatable bonds is 7. The van der Waals surface area contributed by atoms with Crippen LogP contribution in [0.5, 0.6) is 11.5 Å². The van der Waals surface area contributed by atoms with Crippen molar-refractivity contribution in [1.82, 2.24) is 15.6 Å². The Hall–Kier alpha value is -2.41. The lowest BCUT2D eigenvalue weighted by Crippen LogP contribution is -2.36. The van der Waals surface area contributed by atoms with Gasteiger partial charge < -0.3 is 24.5 Å². The zero-order valence-electron chi connectivity index (χ0n) is 16.0. The van der Waals surface area contributed by atoms with Gasteiger partial charge in [-0.15, -0.1) is 30.4 Å². The van der Waals surface area contributed by atoms with Crippen molar-refractivity contribution in [3.63, 3.8) is 0 Å².